The van der Waals surface area contributed by atoms with Gasteiger partial charge in [0.05, 0.1) is 0 Å². The zero-order valence-electron chi connectivity index (χ0n) is 20.1. The number of rotatable bonds is 9. The quantitative estimate of drug-likeness (QED) is 0.463. The lowest BCUT2D eigenvalue weighted by molar-refractivity contribution is 0.0486. The third-order valence-corrected chi connectivity index (χ3v) is 4.48. The minimum atomic E-state index is -0.511. The first-order valence-corrected chi connectivity index (χ1v) is 10.7. The van der Waals surface area contributed by atoms with Crippen LogP contribution in [0, 0.1) is 5.92 Å². The Balaban J connectivity index is 2.49. The first-order valence-electron chi connectivity index (χ1n) is 10.7. The molecule has 0 aromatic carbocycles. The van der Waals surface area contributed by atoms with Gasteiger partial charge in [-0.25, -0.2) is 4.79 Å². The van der Waals surface area contributed by atoms with Crippen molar-refractivity contribution in [2.75, 3.05) is 27.2 Å². The van der Waals surface area contributed by atoms with Gasteiger partial charge in [0.2, 0.25) is 5.89 Å². The molecule has 1 rings (SSSR count). The van der Waals surface area contributed by atoms with Gasteiger partial charge in [-0.15, -0.1) is 0 Å². The number of ether oxygens (including phenoxy) is 1. The second-order valence-corrected chi connectivity index (χ2v) is 9.13. The van der Waals surface area contributed by atoms with Crippen LogP contribution in [0.1, 0.15) is 72.5 Å². The van der Waals surface area contributed by atoms with E-state index in [-0.39, 0.29) is 24.0 Å². The molecule has 172 valence electrons. The molecule has 1 atom stereocenters. The summed E-state index contributed by atoms with van der Waals surface area (Å²) in [5.41, 5.74) is -0.511. The van der Waals surface area contributed by atoms with Crippen molar-refractivity contribution >= 4 is 12.1 Å². The first-order chi connectivity index (χ1) is 13.9. The van der Waals surface area contributed by atoms with E-state index in [1.807, 2.05) is 46.6 Å². The van der Waals surface area contributed by atoms with Gasteiger partial charge < -0.3 is 24.8 Å². The van der Waals surface area contributed by atoms with E-state index >= 15 is 0 Å². The van der Waals surface area contributed by atoms with Crippen LogP contribution in [0.25, 0.3) is 0 Å². The number of guanidine groups is 1. The van der Waals surface area contributed by atoms with Crippen molar-refractivity contribution in [1.82, 2.24) is 25.7 Å². The maximum Gasteiger partial charge on any atom is 0.407 e. The van der Waals surface area contributed by atoms with Gasteiger partial charge in [0, 0.05) is 45.6 Å². The lowest BCUT2D eigenvalue weighted by Gasteiger charge is -2.28. The minimum Gasteiger partial charge on any atom is -0.444 e. The molecule has 0 aliphatic heterocycles. The summed E-state index contributed by atoms with van der Waals surface area (Å²) in [5.74, 6) is 2.65. The van der Waals surface area contributed by atoms with E-state index in [1.165, 1.54) is 0 Å². The lowest BCUT2D eigenvalue weighted by atomic mass is 10.0. The SMILES string of the molecule is CN=C(NCCc1nc(C(C)C)no1)N(C)CCC(NC(=O)OC(C)(C)C)C(C)C. The Morgan fingerprint density at radius 2 is 1.93 bits per heavy atom. The van der Waals surface area contributed by atoms with Crippen molar-refractivity contribution in [3.8, 4) is 0 Å². The maximum absolute atomic E-state index is 12.1. The molecule has 0 fully saturated rings. The van der Waals surface area contributed by atoms with E-state index in [0.29, 0.717) is 18.9 Å². The average molecular weight is 425 g/mol. The molecule has 1 heterocycles. The normalized spacial score (nSPS) is 13.5. The molecule has 1 unspecified atom stereocenters. The molecule has 9 heteroatoms. The second-order valence-electron chi connectivity index (χ2n) is 9.13. The molecule has 9 nitrogen and oxygen atoms in total. The fourth-order valence-electron chi connectivity index (χ4n) is 2.74. The van der Waals surface area contributed by atoms with Crippen LogP contribution in [0.3, 0.4) is 0 Å². The number of aromatic nitrogens is 2. The fourth-order valence-corrected chi connectivity index (χ4v) is 2.74. The van der Waals surface area contributed by atoms with Gasteiger partial charge in [0.1, 0.15) is 5.60 Å². The number of nitrogens with one attached hydrogen (secondary N) is 2. The van der Waals surface area contributed by atoms with E-state index in [1.54, 1.807) is 7.05 Å². The van der Waals surface area contributed by atoms with E-state index in [4.69, 9.17) is 9.26 Å². The molecule has 1 aromatic heterocycles. The predicted octanol–water partition coefficient (Wildman–Crippen LogP) is 3.18. The van der Waals surface area contributed by atoms with E-state index in [9.17, 15) is 4.79 Å². The number of carbonyl (C=O) groups excluding carboxylic acids is 1. The van der Waals surface area contributed by atoms with Crippen LogP contribution in [0.5, 0.6) is 0 Å². The topological polar surface area (TPSA) is 105 Å². The Morgan fingerprint density at radius 1 is 1.27 bits per heavy atom. The number of nitrogens with zero attached hydrogens (tertiary/aromatic N) is 4. The summed E-state index contributed by atoms with van der Waals surface area (Å²) in [4.78, 5) is 22.9. The molecule has 2 N–H and O–H groups in total. The van der Waals surface area contributed by atoms with Gasteiger partial charge >= 0.3 is 6.09 Å². The third kappa shape index (κ3) is 9.45. The number of hydrogen-bond acceptors (Lipinski definition) is 6. The molecule has 0 saturated carbocycles. The summed E-state index contributed by atoms with van der Waals surface area (Å²) >= 11 is 0. The Morgan fingerprint density at radius 3 is 2.43 bits per heavy atom. The van der Waals surface area contributed by atoms with Gasteiger partial charge in [-0.05, 0) is 33.1 Å². The Hall–Kier alpha value is -2.32. The molecule has 30 heavy (non-hydrogen) atoms. The molecule has 0 spiro atoms. The Labute approximate surface area is 181 Å². The summed E-state index contributed by atoms with van der Waals surface area (Å²) in [6.07, 6.45) is 1.02. The van der Waals surface area contributed by atoms with E-state index < -0.39 is 5.60 Å². The molecule has 1 amide bonds. The van der Waals surface area contributed by atoms with E-state index in [2.05, 4.69) is 39.6 Å². The Bertz CT molecular complexity index is 679. The standard InChI is InChI=1S/C21H40N6O3/c1-14(2)16(24-20(28)29-21(5,6)7)11-13-27(9)19(22-8)23-12-10-17-25-18(15(3)4)26-30-17/h14-16H,10-13H2,1-9H3,(H,22,23)(H,24,28). The fraction of sp³-hybridized carbons (Fsp3) is 0.810. The zero-order valence-corrected chi connectivity index (χ0v) is 20.1. The minimum absolute atomic E-state index is 0.00764. The van der Waals surface area contributed by atoms with Crippen LogP contribution in [0.15, 0.2) is 9.52 Å². The largest absolute Gasteiger partial charge is 0.444 e. The van der Waals surface area contributed by atoms with Crippen LogP contribution in [-0.2, 0) is 11.2 Å². The van der Waals surface area contributed by atoms with Gasteiger partial charge in [-0.1, -0.05) is 32.9 Å². The van der Waals surface area contributed by atoms with Crippen LogP contribution < -0.4 is 10.6 Å². The average Bonchev–Trinajstić information content (AvgIpc) is 3.09. The number of hydrogen-bond donors (Lipinski definition) is 2. The number of alkyl carbamates (subject to hydrolysis) is 1. The highest BCUT2D eigenvalue weighted by atomic mass is 16.6. The van der Waals surface area contributed by atoms with Crippen molar-refractivity contribution in [3.05, 3.63) is 11.7 Å². The molecular formula is C21H40N6O3. The van der Waals surface area contributed by atoms with Gasteiger partial charge in [-0.3, -0.25) is 4.99 Å². The summed E-state index contributed by atoms with van der Waals surface area (Å²) in [6.45, 7) is 15.2. The summed E-state index contributed by atoms with van der Waals surface area (Å²) in [5, 5.41) is 10.3. The Kier molecular flexibility index (Phi) is 10.1. The molecule has 0 aliphatic rings. The number of carbonyl (C=O) groups is 1. The lowest BCUT2D eigenvalue weighted by Crippen LogP contribution is -2.45. The van der Waals surface area contributed by atoms with E-state index in [0.717, 1.165) is 24.7 Å². The van der Waals surface area contributed by atoms with Crippen LogP contribution in [0.2, 0.25) is 0 Å². The number of aliphatic imine (C=N–C) groups is 1. The molecule has 0 radical (unpaired) electrons. The highest BCUT2D eigenvalue weighted by Gasteiger charge is 2.22. The predicted molar refractivity (Wildman–Crippen MR) is 119 cm³/mol. The molecular weight excluding hydrogens is 384 g/mol. The monoisotopic (exact) mass is 424 g/mol. The highest BCUT2D eigenvalue weighted by molar-refractivity contribution is 5.79. The van der Waals surface area contributed by atoms with Crippen molar-refractivity contribution in [2.24, 2.45) is 10.9 Å². The highest BCUT2D eigenvalue weighted by Crippen LogP contribution is 2.12. The number of amides is 1. The smallest absolute Gasteiger partial charge is 0.407 e. The van der Waals surface area contributed by atoms with Crippen molar-refractivity contribution < 1.29 is 14.1 Å². The van der Waals surface area contributed by atoms with Gasteiger partial charge in [0.25, 0.3) is 0 Å². The van der Waals surface area contributed by atoms with Crippen molar-refractivity contribution in [2.45, 2.75) is 78.9 Å². The summed E-state index contributed by atoms with van der Waals surface area (Å²) in [7, 11) is 3.73. The summed E-state index contributed by atoms with van der Waals surface area (Å²) < 4.78 is 10.7. The second kappa shape index (κ2) is 11.8. The zero-order chi connectivity index (χ0) is 22.9. The first kappa shape index (κ1) is 25.7. The molecule has 0 aliphatic carbocycles. The van der Waals surface area contributed by atoms with Crippen molar-refractivity contribution in [1.29, 1.82) is 0 Å². The molecule has 1 aromatic rings. The third-order valence-electron chi connectivity index (χ3n) is 4.48. The van der Waals surface area contributed by atoms with Crippen molar-refractivity contribution in [3.63, 3.8) is 0 Å². The van der Waals surface area contributed by atoms with Crippen LogP contribution >= 0.6 is 0 Å². The summed E-state index contributed by atoms with van der Waals surface area (Å²) in [6, 6.07) is 0.00764. The van der Waals surface area contributed by atoms with Gasteiger partial charge in [0.15, 0.2) is 11.8 Å². The maximum atomic E-state index is 12.1. The molecule has 0 bridgehead atoms. The van der Waals surface area contributed by atoms with Crippen LogP contribution in [0.4, 0.5) is 4.79 Å². The molecule has 0 saturated heterocycles. The van der Waals surface area contributed by atoms with Gasteiger partial charge in [-0.2, -0.15) is 4.98 Å². The van der Waals surface area contributed by atoms with Crippen LogP contribution in [-0.4, -0.2) is 65.9 Å².